The van der Waals surface area contributed by atoms with Crippen LogP contribution in [0.25, 0.3) is 11.4 Å². The van der Waals surface area contributed by atoms with Crippen LogP contribution in [-0.2, 0) is 12.3 Å². The van der Waals surface area contributed by atoms with Gasteiger partial charge in [-0.1, -0.05) is 29.4 Å². The Morgan fingerprint density at radius 1 is 1.25 bits per heavy atom. The summed E-state index contributed by atoms with van der Waals surface area (Å²) in [6, 6.07) is 12.9. The van der Waals surface area contributed by atoms with Crippen molar-refractivity contribution in [2.24, 2.45) is 0 Å². The van der Waals surface area contributed by atoms with Crippen LogP contribution in [0, 0.1) is 0 Å². The molecule has 0 saturated heterocycles. The summed E-state index contributed by atoms with van der Waals surface area (Å²) in [4.78, 5) is 11.7. The predicted molar refractivity (Wildman–Crippen MR) is 113 cm³/mol. The zero-order valence-corrected chi connectivity index (χ0v) is 17.3. The molecule has 0 aliphatic carbocycles. The molecule has 0 N–H and O–H groups in total. The fraction of sp³-hybridized carbons (Fsp3) is 0.190. The molecule has 2 aromatic carbocycles. The normalized spacial score (nSPS) is 10.7. The van der Waals surface area contributed by atoms with Gasteiger partial charge in [0.2, 0.25) is 0 Å². The third-order valence-electron chi connectivity index (χ3n) is 4.17. The van der Waals surface area contributed by atoms with Crippen molar-refractivity contribution in [1.82, 2.24) is 14.8 Å². The molecule has 7 heteroatoms. The van der Waals surface area contributed by atoms with Crippen LogP contribution in [0.1, 0.15) is 22.8 Å². The summed E-state index contributed by atoms with van der Waals surface area (Å²) in [7, 11) is 1.62. The average Bonchev–Trinajstić information content (AvgIpc) is 3.09. The summed E-state index contributed by atoms with van der Waals surface area (Å²) >= 11 is 7.52. The molecule has 0 bridgehead atoms. The first-order chi connectivity index (χ1) is 13.5. The van der Waals surface area contributed by atoms with Crippen molar-refractivity contribution in [1.29, 1.82) is 0 Å². The van der Waals surface area contributed by atoms with E-state index in [0.717, 1.165) is 27.9 Å². The van der Waals surface area contributed by atoms with Crippen molar-refractivity contribution < 1.29 is 9.53 Å². The summed E-state index contributed by atoms with van der Waals surface area (Å²) in [5.41, 5.74) is 2.52. The number of benzene rings is 2. The molecule has 0 aliphatic heterocycles. The van der Waals surface area contributed by atoms with E-state index in [2.05, 4.69) is 16.8 Å². The molecule has 0 atom stereocenters. The van der Waals surface area contributed by atoms with Crippen LogP contribution in [0.3, 0.4) is 0 Å². The minimum absolute atomic E-state index is 0.0220. The van der Waals surface area contributed by atoms with Gasteiger partial charge in [0.05, 0.1) is 7.11 Å². The van der Waals surface area contributed by atoms with Gasteiger partial charge in [-0.25, -0.2) is 0 Å². The first-order valence-corrected chi connectivity index (χ1v) is 10.0. The first kappa shape index (κ1) is 20.2. The van der Waals surface area contributed by atoms with Crippen LogP contribution in [0.5, 0.6) is 5.75 Å². The van der Waals surface area contributed by atoms with E-state index in [1.807, 2.05) is 47.0 Å². The molecule has 144 valence electrons. The zero-order valence-electron chi connectivity index (χ0n) is 15.7. The predicted octanol–water partition coefficient (Wildman–Crippen LogP) is 5.29. The third kappa shape index (κ3) is 4.46. The van der Waals surface area contributed by atoms with E-state index in [1.165, 1.54) is 11.8 Å². The minimum Gasteiger partial charge on any atom is -0.496 e. The second kappa shape index (κ2) is 9.08. The van der Waals surface area contributed by atoms with Crippen molar-refractivity contribution in [3.8, 4) is 17.1 Å². The molecule has 0 unspecified atom stereocenters. The molecule has 0 fully saturated rings. The largest absolute Gasteiger partial charge is 0.496 e. The fourth-order valence-electron chi connectivity index (χ4n) is 2.75. The highest BCUT2D eigenvalue weighted by Crippen LogP contribution is 2.30. The summed E-state index contributed by atoms with van der Waals surface area (Å²) < 4.78 is 7.44. The van der Waals surface area contributed by atoms with Crippen LogP contribution in [0.15, 0.2) is 60.3 Å². The van der Waals surface area contributed by atoms with E-state index in [9.17, 15) is 4.79 Å². The van der Waals surface area contributed by atoms with Crippen LogP contribution in [-0.4, -0.2) is 27.7 Å². The van der Waals surface area contributed by atoms with E-state index in [4.69, 9.17) is 16.3 Å². The summed E-state index contributed by atoms with van der Waals surface area (Å²) in [6.45, 7) is 5.97. The Labute approximate surface area is 173 Å². The smallest absolute Gasteiger partial charge is 0.192 e. The monoisotopic (exact) mass is 413 g/mol. The number of ketones is 1. The number of aromatic nitrogens is 3. The van der Waals surface area contributed by atoms with Crippen molar-refractivity contribution in [2.45, 2.75) is 24.4 Å². The van der Waals surface area contributed by atoms with Gasteiger partial charge < -0.3 is 4.74 Å². The molecular formula is C21H20ClN3O2S. The highest BCUT2D eigenvalue weighted by molar-refractivity contribution is 7.98. The highest BCUT2D eigenvalue weighted by Gasteiger charge is 2.15. The highest BCUT2D eigenvalue weighted by atomic mass is 35.5. The summed E-state index contributed by atoms with van der Waals surface area (Å²) in [6.07, 6.45) is 1.81. The van der Waals surface area contributed by atoms with Crippen LogP contribution in [0.2, 0.25) is 5.02 Å². The molecule has 0 saturated carbocycles. The van der Waals surface area contributed by atoms with Crippen molar-refractivity contribution in [3.05, 3.63) is 71.3 Å². The number of hydrogen-bond acceptors (Lipinski definition) is 5. The SMILES string of the molecule is C=CCn1c(SCc2cc(C(C)=O)ccc2OC)nnc1-c1ccc(Cl)cc1. The molecule has 0 aliphatic rings. The van der Waals surface area contributed by atoms with Gasteiger partial charge in [-0.05, 0) is 49.4 Å². The van der Waals surface area contributed by atoms with Gasteiger partial charge in [-0.2, -0.15) is 0 Å². The molecule has 0 amide bonds. The number of halogens is 1. The number of ether oxygens (including phenoxy) is 1. The lowest BCUT2D eigenvalue weighted by Crippen LogP contribution is -2.01. The lowest BCUT2D eigenvalue weighted by atomic mass is 10.1. The quantitative estimate of drug-likeness (QED) is 0.285. The number of carbonyl (C=O) groups is 1. The topological polar surface area (TPSA) is 57.0 Å². The zero-order chi connectivity index (χ0) is 20.1. The Hall–Kier alpha value is -2.57. The number of thioether (sulfide) groups is 1. The fourth-order valence-corrected chi connectivity index (χ4v) is 3.81. The van der Waals surface area contributed by atoms with Crippen LogP contribution < -0.4 is 4.74 Å². The molecule has 1 heterocycles. The number of Topliss-reactive ketones (excluding diaryl/α,β-unsaturated/α-hetero) is 1. The van der Waals surface area contributed by atoms with Crippen molar-refractivity contribution >= 4 is 29.1 Å². The number of rotatable bonds is 8. The number of nitrogens with zero attached hydrogens (tertiary/aromatic N) is 3. The summed E-state index contributed by atoms with van der Waals surface area (Å²) in [5, 5.41) is 10.1. The van der Waals surface area contributed by atoms with Gasteiger partial charge in [0.25, 0.3) is 0 Å². The van der Waals surface area contributed by atoms with Crippen molar-refractivity contribution in [3.63, 3.8) is 0 Å². The Balaban J connectivity index is 1.89. The van der Waals surface area contributed by atoms with Gasteiger partial charge in [0, 0.05) is 34.0 Å². The summed E-state index contributed by atoms with van der Waals surface area (Å²) in [5.74, 6) is 2.11. The van der Waals surface area contributed by atoms with Gasteiger partial charge in [0.15, 0.2) is 16.8 Å². The first-order valence-electron chi connectivity index (χ1n) is 8.64. The number of allylic oxidation sites excluding steroid dienone is 1. The molecule has 5 nitrogen and oxygen atoms in total. The molecular weight excluding hydrogens is 394 g/mol. The van der Waals surface area contributed by atoms with Crippen LogP contribution in [0.4, 0.5) is 0 Å². The van der Waals surface area contributed by atoms with Gasteiger partial charge >= 0.3 is 0 Å². The van der Waals surface area contributed by atoms with Gasteiger partial charge in [0.1, 0.15) is 5.75 Å². The molecule has 0 spiro atoms. The number of hydrogen-bond donors (Lipinski definition) is 0. The Morgan fingerprint density at radius 3 is 2.64 bits per heavy atom. The average molecular weight is 414 g/mol. The van der Waals surface area contributed by atoms with E-state index in [0.29, 0.717) is 22.9 Å². The molecule has 3 aromatic rings. The maximum atomic E-state index is 11.7. The van der Waals surface area contributed by atoms with E-state index < -0.39 is 0 Å². The second-order valence-corrected chi connectivity index (χ2v) is 7.46. The Bertz CT molecular complexity index is 999. The van der Waals surface area contributed by atoms with E-state index in [-0.39, 0.29) is 5.78 Å². The molecule has 3 rings (SSSR count). The standard InChI is InChI=1S/C21H20ClN3O2S/c1-4-11-25-20(15-5-8-18(22)9-6-15)23-24-21(25)28-13-17-12-16(14(2)26)7-10-19(17)27-3/h4-10,12H,1,11,13H2,2-3H3. The molecule has 0 radical (unpaired) electrons. The lowest BCUT2D eigenvalue weighted by molar-refractivity contribution is 0.101. The lowest BCUT2D eigenvalue weighted by Gasteiger charge is -2.11. The number of methoxy groups -OCH3 is 1. The van der Waals surface area contributed by atoms with Crippen LogP contribution >= 0.6 is 23.4 Å². The maximum absolute atomic E-state index is 11.7. The Kier molecular flexibility index (Phi) is 6.54. The van der Waals surface area contributed by atoms with E-state index in [1.54, 1.807) is 20.1 Å². The molecule has 1 aromatic heterocycles. The second-order valence-electron chi connectivity index (χ2n) is 6.08. The number of carbonyl (C=O) groups excluding carboxylic acids is 1. The van der Waals surface area contributed by atoms with Crippen molar-refractivity contribution in [2.75, 3.05) is 7.11 Å². The third-order valence-corrected chi connectivity index (χ3v) is 5.44. The maximum Gasteiger partial charge on any atom is 0.192 e. The minimum atomic E-state index is 0.0220. The van der Waals surface area contributed by atoms with Gasteiger partial charge in [-0.3, -0.25) is 9.36 Å². The van der Waals surface area contributed by atoms with Gasteiger partial charge in [-0.15, -0.1) is 16.8 Å². The molecule has 28 heavy (non-hydrogen) atoms. The van der Waals surface area contributed by atoms with E-state index >= 15 is 0 Å². The Morgan fingerprint density at radius 2 is 2.00 bits per heavy atom.